The lowest BCUT2D eigenvalue weighted by molar-refractivity contribution is 0.0859. The Morgan fingerprint density at radius 3 is 2.07 bits per heavy atom. The molecule has 0 aromatic heterocycles. The molecule has 0 aliphatic carbocycles. The van der Waals surface area contributed by atoms with Gasteiger partial charge in [0, 0.05) is 30.3 Å². The summed E-state index contributed by atoms with van der Waals surface area (Å²) in [6.45, 7) is 7.58. The molecule has 0 atom stereocenters. The van der Waals surface area contributed by atoms with Crippen molar-refractivity contribution in [2.24, 2.45) is 5.92 Å². The molecule has 2 aromatic rings. The van der Waals surface area contributed by atoms with Gasteiger partial charge in [-0.2, -0.15) is 0 Å². The molecule has 5 heteroatoms. The number of urea groups is 1. The molecule has 1 aliphatic heterocycles. The van der Waals surface area contributed by atoms with Crippen LogP contribution in [0.5, 0.6) is 5.75 Å². The van der Waals surface area contributed by atoms with Crippen LogP contribution in [-0.2, 0) is 5.41 Å². The second kappa shape index (κ2) is 8.05. The summed E-state index contributed by atoms with van der Waals surface area (Å²) in [5.74, 6) is 0.149. The largest absolute Gasteiger partial charge is 0.508 e. The first-order chi connectivity index (χ1) is 13.2. The zero-order valence-corrected chi connectivity index (χ0v) is 16.7. The minimum Gasteiger partial charge on any atom is -0.508 e. The Kier molecular flexibility index (Phi) is 5.73. The normalized spacial score (nSPS) is 15.3. The van der Waals surface area contributed by atoms with Crippen molar-refractivity contribution in [1.82, 2.24) is 4.90 Å². The number of carbonyl (C=O) groups is 2. The number of Topliss-reactive ketones (excluding diaryl/α,β-unsaturated/α-hetero) is 1. The van der Waals surface area contributed by atoms with E-state index in [1.54, 1.807) is 17.0 Å². The van der Waals surface area contributed by atoms with Crippen LogP contribution in [-0.4, -0.2) is 34.9 Å². The number of nitrogens with one attached hydrogen (secondary N) is 1. The summed E-state index contributed by atoms with van der Waals surface area (Å²) in [4.78, 5) is 26.9. The second-order valence-electron chi connectivity index (χ2n) is 8.43. The van der Waals surface area contributed by atoms with Crippen molar-refractivity contribution in [3.8, 4) is 5.75 Å². The summed E-state index contributed by atoms with van der Waals surface area (Å²) >= 11 is 0. The van der Waals surface area contributed by atoms with Crippen LogP contribution in [0.4, 0.5) is 10.5 Å². The highest BCUT2D eigenvalue weighted by atomic mass is 16.3. The summed E-state index contributed by atoms with van der Waals surface area (Å²) in [5.41, 5.74) is 2.69. The Bertz CT molecular complexity index is 828. The average molecular weight is 380 g/mol. The van der Waals surface area contributed by atoms with Crippen LogP contribution in [0.15, 0.2) is 48.5 Å². The topological polar surface area (TPSA) is 69.6 Å². The fourth-order valence-corrected chi connectivity index (χ4v) is 3.46. The standard InChI is InChI=1S/C23H28N2O3/c1-23(2,3)18-6-8-19(9-7-18)24-22(28)25-14-12-17(13-15-25)21(27)16-4-10-20(26)11-5-16/h4-11,17,26H,12-15H2,1-3H3,(H,24,28). The van der Waals surface area contributed by atoms with Gasteiger partial charge in [-0.05, 0) is 60.2 Å². The average Bonchev–Trinajstić information content (AvgIpc) is 2.68. The fourth-order valence-electron chi connectivity index (χ4n) is 3.46. The van der Waals surface area contributed by atoms with Crippen LogP contribution < -0.4 is 5.32 Å². The van der Waals surface area contributed by atoms with Crippen molar-refractivity contribution in [2.75, 3.05) is 18.4 Å². The Morgan fingerprint density at radius 1 is 0.964 bits per heavy atom. The van der Waals surface area contributed by atoms with E-state index in [0.717, 1.165) is 5.69 Å². The lowest BCUT2D eigenvalue weighted by atomic mass is 9.87. The molecular formula is C23H28N2O3. The number of aromatic hydroxyl groups is 1. The predicted octanol–water partition coefficient (Wildman–Crippen LogP) is 4.82. The van der Waals surface area contributed by atoms with Gasteiger partial charge in [0.2, 0.25) is 0 Å². The number of piperidine rings is 1. The van der Waals surface area contributed by atoms with Crippen LogP contribution in [0.25, 0.3) is 0 Å². The molecule has 3 rings (SSSR count). The number of benzene rings is 2. The summed E-state index contributed by atoms with van der Waals surface area (Å²) in [6.07, 6.45) is 1.30. The SMILES string of the molecule is CC(C)(C)c1ccc(NC(=O)N2CCC(C(=O)c3ccc(O)cc3)CC2)cc1. The van der Waals surface area contributed by atoms with E-state index in [0.29, 0.717) is 31.5 Å². The van der Waals surface area contributed by atoms with Crippen molar-refractivity contribution >= 4 is 17.5 Å². The molecule has 1 aliphatic rings. The van der Waals surface area contributed by atoms with Gasteiger partial charge in [-0.15, -0.1) is 0 Å². The highest BCUT2D eigenvalue weighted by Gasteiger charge is 2.28. The van der Waals surface area contributed by atoms with E-state index in [1.807, 2.05) is 24.3 Å². The molecule has 1 heterocycles. The number of phenols is 1. The first kappa shape index (κ1) is 19.9. The molecule has 0 saturated carbocycles. The Morgan fingerprint density at radius 2 is 1.54 bits per heavy atom. The molecule has 2 amide bonds. The van der Waals surface area contributed by atoms with Crippen molar-refractivity contribution in [3.05, 3.63) is 59.7 Å². The maximum Gasteiger partial charge on any atom is 0.321 e. The van der Waals surface area contributed by atoms with E-state index in [9.17, 15) is 14.7 Å². The van der Waals surface area contributed by atoms with Gasteiger partial charge in [0.05, 0.1) is 0 Å². The molecule has 1 saturated heterocycles. The van der Waals surface area contributed by atoms with Gasteiger partial charge in [0.1, 0.15) is 5.75 Å². The Labute approximate surface area is 166 Å². The van der Waals surface area contributed by atoms with Crippen LogP contribution >= 0.6 is 0 Å². The number of rotatable bonds is 3. The van der Waals surface area contributed by atoms with Crippen LogP contribution in [0, 0.1) is 5.92 Å². The van der Waals surface area contributed by atoms with Gasteiger partial charge in [-0.25, -0.2) is 4.79 Å². The molecule has 1 fully saturated rings. The summed E-state index contributed by atoms with van der Waals surface area (Å²) in [7, 11) is 0. The maximum absolute atomic E-state index is 12.6. The van der Waals surface area contributed by atoms with Crippen LogP contribution in [0.2, 0.25) is 0 Å². The molecule has 28 heavy (non-hydrogen) atoms. The van der Waals surface area contributed by atoms with Gasteiger partial charge in [-0.1, -0.05) is 32.9 Å². The monoisotopic (exact) mass is 380 g/mol. The third-order valence-electron chi connectivity index (χ3n) is 5.31. The molecule has 5 nitrogen and oxygen atoms in total. The molecule has 2 N–H and O–H groups in total. The number of amides is 2. The van der Waals surface area contributed by atoms with Gasteiger partial charge in [0.25, 0.3) is 0 Å². The smallest absolute Gasteiger partial charge is 0.321 e. The number of likely N-dealkylation sites (tertiary alicyclic amines) is 1. The van der Waals surface area contributed by atoms with Crippen molar-refractivity contribution in [1.29, 1.82) is 0 Å². The van der Waals surface area contributed by atoms with E-state index >= 15 is 0 Å². The molecule has 148 valence electrons. The van der Waals surface area contributed by atoms with Crippen molar-refractivity contribution in [2.45, 2.75) is 39.0 Å². The zero-order valence-electron chi connectivity index (χ0n) is 16.7. The first-order valence-corrected chi connectivity index (χ1v) is 9.74. The van der Waals surface area contributed by atoms with Gasteiger partial charge in [0.15, 0.2) is 5.78 Å². The molecule has 0 radical (unpaired) electrons. The number of anilines is 1. The van der Waals surface area contributed by atoms with E-state index < -0.39 is 0 Å². The van der Waals surface area contributed by atoms with Crippen LogP contribution in [0.3, 0.4) is 0 Å². The summed E-state index contributed by atoms with van der Waals surface area (Å²) < 4.78 is 0. The lowest BCUT2D eigenvalue weighted by Crippen LogP contribution is -2.42. The van der Waals surface area contributed by atoms with E-state index in [-0.39, 0.29) is 28.9 Å². The fraction of sp³-hybridized carbons (Fsp3) is 0.391. The minimum absolute atomic E-state index is 0.0778. The lowest BCUT2D eigenvalue weighted by Gasteiger charge is -2.31. The number of nitrogens with zero attached hydrogens (tertiary/aromatic N) is 1. The highest BCUT2D eigenvalue weighted by Crippen LogP contribution is 2.25. The molecule has 0 spiro atoms. The highest BCUT2D eigenvalue weighted by molar-refractivity contribution is 5.98. The van der Waals surface area contributed by atoms with E-state index in [1.165, 1.54) is 17.7 Å². The van der Waals surface area contributed by atoms with E-state index in [2.05, 4.69) is 26.1 Å². The summed E-state index contributed by atoms with van der Waals surface area (Å²) in [6, 6.07) is 14.2. The van der Waals surface area contributed by atoms with Gasteiger partial charge < -0.3 is 15.3 Å². The third kappa shape index (κ3) is 4.71. The minimum atomic E-state index is -0.126. The van der Waals surface area contributed by atoms with Crippen LogP contribution in [0.1, 0.15) is 49.5 Å². The number of carbonyl (C=O) groups excluding carboxylic acids is 2. The Hall–Kier alpha value is -2.82. The molecule has 0 unspecified atom stereocenters. The molecule has 2 aromatic carbocycles. The second-order valence-corrected chi connectivity index (χ2v) is 8.43. The first-order valence-electron chi connectivity index (χ1n) is 9.74. The van der Waals surface area contributed by atoms with E-state index in [4.69, 9.17) is 0 Å². The third-order valence-corrected chi connectivity index (χ3v) is 5.31. The summed E-state index contributed by atoms with van der Waals surface area (Å²) in [5, 5.41) is 12.3. The van der Waals surface area contributed by atoms with Crippen molar-refractivity contribution < 1.29 is 14.7 Å². The van der Waals surface area contributed by atoms with Gasteiger partial charge >= 0.3 is 6.03 Å². The number of phenolic OH excluding ortho intramolecular Hbond substituents is 1. The van der Waals surface area contributed by atoms with Gasteiger partial charge in [-0.3, -0.25) is 4.79 Å². The molecular weight excluding hydrogens is 352 g/mol. The van der Waals surface area contributed by atoms with Crippen molar-refractivity contribution in [3.63, 3.8) is 0 Å². The predicted molar refractivity (Wildman–Crippen MR) is 111 cm³/mol. The number of hydrogen-bond donors (Lipinski definition) is 2. The zero-order chi connectivity index (χ0) is 20.3. The number of ketones is 1. The quantitative estimate of drug-likeness (QED) is 0.750. The Balaban J connectivity index is 1.53. The number of hydrogen-bond acceptors (Lipinski definition) is 3. The maximum atomic E-state index is 12.6. The molecule has 0 bridgehead atoms.